The van der Waals surface area contributed by atoms with Gasteiger partial charge >= 0.3 is 0 Å². The lowest BCUT2D eigenvalue weighted by molar-refractivity contribution is -0.184. The quantitative estimate of drug-likeness (QED) is 0.318. The number of halogens is 4. The molecule has 1 aromatic heterocycles. The predicted molar refractivity (Wildman–Crippen MR) is 132 cm³/mol. The molecule has 0 saturated carbocycles. The molecule has 1 aliphatic heterocycles. The number of imidazole rings is 1. The summed E-state index contributed by atoms with van der Waals surface area (Å²) in [6.45, 7) is 2.92. The van der Waals surface area contributed by atoms with Crippen LogP contribution in [0.25, 0.3) is 0 Å². The smallest absolute Gasteiger partial charge is 0.215 e. The average molecular weight is 523 g/mol. The molecule has 2 atom stereocenters. The SMILES string of the molecule is Cc1cc(SCC2COC(Cn3ccnc3)(c3ccc(Cl)cc3Cl)O2)ccc1N.Cl.Cl. The summed E-state index contributed by atoms with van der Waals surface area (Å²) >= 11 is 14.3. The topological polar surface area (TPSA) is 62.3 Å². The monoisotopic (exact) mass is 521 g/mol. The Morgan fingerprint density at radius 3 is 2.71 bits per heavy atom. The Kier molecular flexibility index (Phi) is 9.40. The third-order valence-electron chi connectivity index (χ3n) is 4.83. The van der Waals surface area contributed by atoms with Crippen LogP contribution in [0.2, 0.25) is 10.0 Å². The summed E-state index contributed by atoms with van der Waals surface area (Å²) in [7, 11) is 0. The summed E-state index contributed by atoms with van der Waals surface area (Å²) in [5, 5.41) is 1.08. The van der Waals surface area contributed by atoms with Gasteiger partial charge in [-0.3, -0.25) is 0 Å². The molecule has 2 heterocycles. The Bertz CT molecular complexity index is 1010. The third-order valence-corrected chi connectivity index (χ3v) is 6.50. The summed E-state index contributed by atoms with van der Waals surface area (Å²) in [4.78, 5) is 5.27. The normalized spacial score (nSPS) is 20.2. The molecule has 4 rings (SSSR count). The summed E-state index contributed by atoms with van der Waals surface area (Å²) in [6.07, 6.45) is 5.24. The zero-order chi connectivity index (χ0) is 20.4. The summed E-state index contributed by atoms with van der Waals surface area (Å²) in [6, 6.07) is 11.4. The van der Waals surface area contributed by atoms with Crippen molar-refractivity contribution in [2.75, 3.05) is 18.1 Å². The predicted octanol–water partition coefficient (Wildman–Crippen LogP) is 5.98. The number of hydrogen-bond donors (Lipinski definition) is 1. The van der Waals surface area contributed by atoms with Gasteiger partial charge in [0.05, 0.1) is 30.6 Å². The van der Waals surface area contributed by atoms with Crippen molar-refractivity contribution < 1.29 is 9.47 Å². The average Bonchev–Trinajstić information content (AvgIpc) is 3.33. The highest BCUT2D eigenvalue weighted by Crippen LogP contribution is 2.41. The zero-order valence-electron chi connectivity index (χ0n) is 16.7. The molecule has 0 spiro atoms. The molecule has 0 radical (unpaired) electrons. The first-order valence-electron chi connectivity index (χ1n) is 9.17. The number of hydrogen-bond acceptors (Lipinski definition) is 5. The Labute approximate surface area is 208 Å². The fourth-order valence-electron chi connectivity index (χ4n) is 3.30. The van der Waals surface area contributed by atoms with Crippen LogP contribution in [0, 0.1) is 6.92 Å². The largest absolute Gasteiger partial charge is 0.399 e. The number of aromatic nitrogens is 2. The molecular weight excluding hydrogens is 500 g/mol. The summed E-state index contributed by atoms with van der Waals surface area (Å²) < 4.78 is 14.6. The molecule has 168 valence electrons. The van der Waals surface area contributed by atoms with Gasteiger partial charge in [-0.05, 0) is 42.8 Å². The highest BCUT2D eigenvalue weighted by Gasteiger charge is 2.45. The lowest BCUT2D eigenvalue weighted by atomic mass is 10.1. The Morgan fingerprint density at radius 1 is 1.23 bits per heavy atom. The van der Waals surface area contributed by atoms with Crippen LogP contribution in [0.4, 0.5) is 5.69 Å². The van der Waals surface area contributed by atoms with Gasteiger partial charge in [-0.15, -0.1) is 36.6 Å². The maximum atomic E-state index is 6.51. The first-order chi connectivity index (χ1) is 13.9. The summed E-state index contributed by atoms with van der Waals surface area (Å²) in [5.74, 6) is -0.245. The molecule has 1 saturated heterocycles. The molecule has 0 bridgehead atoms. The van der Waals surface area contributed by atoms with Crippen LogP contribution in [0.1, 0.15) is 11.1 Å². The van der Waals surface area contributed by atoms with Crippen molar-refractivity contribution in [3.05, 3.63) is 76.3 Å². The van der Waals surface area contributed by atoms with Crippen LogP contribution in [-0.2, 0) is 21.8 Å². The van der Waals surface area contributed by atoms with Crippen molar-refractivity contribution in [3.8, 4) is 0 Å². The molecule has 10 heteroatoms. The molecule has 1 aliphatic rings. The standard InChI is InChI=1S/C21H21Cl2N3O2S.2ClH/c1-14-8-17(3-5-20(14)24)29-11-16-10-27-21(28-16,12-26-7-6-25-13-26)18-4-2-15(22)9-19(18)23;;/h2-9,13,16H,10-12,24H2,1H3;2*1H. The van der Waals surface area contributed by atoms with Crippen molar-refractivity contribution in [1.29, 1.82) is 0 Å². The lowest BCUT2D eigenvalue weighted by Crippen LogP contribution is -2.34. The number of rotatable bonds is 6. The van der Waals surface area contributed by atoms with E-state index >= 15 is 0 Å². The molecule has 3 aromatic rings. The van der Waals surface area contributed by atoms with E-state index in [1.165, 1.54) is 0 Å². The molecule has 1 fully saturated rings. The first-order valence-corrected chi connectivity index (χ1v) is 10.9. The van der Waals surface area contributed by atoms with Gasteiger partial charge in [-0.1, -0.05) is 29.3 Å². The van der Waals surface area contributed by atoms with Crippen molar-refractivity contribution >= 4 is 65.5 Å². The van der Waals surface area contributed by atoms with E-state index in [-0.39, 0.29) is 30.9 Å². The zero-order valence-corrected chi connectivity index (χ0v) is 20.6. The van der Waals surface area contributed by atoms with Gasteiger partial charge in [-0.25, -0.2) is 4.98 Å². The van der Waals surface area contributed by atoms with Gasteiger partial charge in [0.15, 0.2) is 0 Å². The lowest BCUT2D eigenvalue weighted by Gasteiger charge is -2.30. The highest BCUT2D eigenvalue weighted by atomic mass is 35.5. The first kappa shape index (κ1) is 26.1. The van der Waals surface area contributed by atoms with Gasteiger partial charge in [0.2, 0.25) is 5.79 Å². The second-order valence-corrected chi connectivity index (χ2v) is 8.93. The van der Waals surface area contributed by atoms with E-state index in [0.717, 1.165) is 27.5 Å². The fraction of sp³-hybridized carbons (Fsp3) is 0.286. The molecule has 0 aliphatic carbocycles. The minimum Gasteiger partial charge on any atom is -0.399 e. The van der Waals surface area contributed by atoms with Gasteiger partial charge in [0, 0.05) is 39.3 Å². The number of ether oxygens (including phenoxy) is 2. The molecule has 31 heavy (non-hydrogen) atoms. The molecular formula is C21H23Cl4N3O2S. The third kappa shape index (κ3) is 6.02. The van der Waals surface area contributed by atoms with E-state index in [9.17, 15) is 0 Å². The second kappa shape index (κ2) is 11.1. The van der Waals surface area contributed by atoms with E-state index in [1.54, 1.807) is 36.4 Å². The van der Waals surface area contributed by atoms with Crippen molar-refractivity contribution in [3.63, 3.8) is 0 Å². The number of nitrogens with two attached hydrogens (primary N) is 1. The highest BCUT2D eigenvalue weighted by molar-refractivity contribution is 7.99. The number of nitrogens with zero attached hydrogens (tertiary/aromatic N) is 2. The van der Waals surface area contributed by atoms with Gasteiger partial charge in [0.25, 0.3) is 0 Å². The van der Waals surface area contributed by atoms with E-state index in [1.807, 2.05) is 35.9 Å². The number of nitrogen functional groups attached to an aromatic ring is 1. The molecule has 5 nitrogen and oxygen atoms in total. The Hall–Kier alpha value is -1.12. The fourth-order valence-corrected chi connectivity index (χ4v) is 4.82. The van der Waals surface area contributed by atoms with Crippen LogP contribution >= 0.6 is 59.8 Å². The van der Waals surface area contributed by atoms with Crippen molar-refractivity contribution in [1.82, 2.24) is 9.55 Å². The van der Waals surface area contributed by atoms with E-state index in [0.29, 0.717) is 23.2 Å². The number of thioether (sulfide) groups is 1. The molecule has 0 amide bonds. The molecule has 2 aromatic carbocycles. The van der Waals surface area contributed by atoms with E-state index in [2.05, 4.69) is 11.1 Å². The molecule has 2 N–H and O–H groups in total. The van der Waals surface area contributed by atoms with Gasteiger partial charge in [-0.2, -0.15) is 0 Å². The van der Waals surface area contributed by atoms with Crippen LogP contribution in [0.3, 0.4) is 0 Å². The van der Waals surface area contributed by atoms with Crippen LogP contribution < -0.4 is 5.73 Å². The van der Waals surface area contributed by atoms with Crippen molar-refractivity contribution in [2.45, 2.75) is 30.3 Å². The Balaban J connectivity index is 0.00000171. The van der Waals surface area contributed by atoms with Crippen molar-refractivity contribution in [2.24, 2.45) is 0 Å². The van der Waals surface area contributed by atoms with Gasteiger partial charge in [0.1, 0.15) is 0 Å². The number of aryl methyl sites for hydroxylation is 1. The van der Waals surface area contributed by atoms with Gasteiger partial charge < -0.3 is 19.8 Å². The number of benzene rings is 2. The minimum atomic E-state index is -0.995. The maximum Gasteiger partial charge on any atom is 0.215 e. The van der Waals surface area contributed by atoms with Crippen LogP contribution in [0.5, 0.6) is 0 Å². The van der Waals surface area contributed by atoms with E-state index in [4.69, 9.17) is 38.4 Å². The Morgan fingerprint density at radius 2 is 2.03 bits per heavy atom. The maximum absolute atomic E-state index is 6.51. The number of anilines is 1. The minimum absolute atomic E-state index is 0. The van der Waals surface area contributed by atoms with Crippen LogP contribution in [0.15, 0.2) is 60.0 Å². The van der Waals surface area contributed by atoms with E-state index < -0.39 is 5.79 Å². The second-order valence-electron chi connectivity index (χ2n) is 6.99. The molecule has 2 unspecified atom stereocenters. The summed E-state index contributed by atoms with van der Waals surface area (Å²) in [5.41, 5.74) is 8.54. The van der Waals surface area contributed by atoms with Crippen LogP contribution in [-0.4, -0.2) is 28.0 Å².